The van der Waals surface area contributed by atoms with Gasteiger partial charge in [-0.3, -0.25) is 4.79 Å². The quantitative estimate of drug-likeness (QED) is 0.258. The molecular formula is C22H32O4. The Hall–Kier alpha value is -1.90. The van der Waals surface area contributed by atoms with E-state index >= 15 is 0 Å². The van der Waals surface area contributed by atoms with E-state index in [-0.39, 0.29) is 24.0 Å². The second-order valence-electron chi connectivity index (χ2n) is 6.83. The Balaban J connectivity index is 2.52. The van der Waals surface area contributed by atoms with Gasteiger partial charge in [0.15, 0.2) is 11.9 Å². The lowest BCUT2D eigenvalue weighted by atomic mass is 9.90. The Morgan fingerprint density at radius 2 is 2.15 bits per heavy atom. The van der Waals surface area contributed by atoms with Crippen LogP contribution in [-0.4, -0.2) is 30.1 Å². The van der Waals surface area contributed by atoms with Crippen molar-refractivity contribution in [2.45, 2.75) is 64.9 Å². The maximum Gasteiger partial charge on any atom is 0.335 e. The highest BCUT2D eigenvalue weighted by Gasteiger charge is 2.26. The highest BCUT2D eigenvalue weighted by molar-refractivity contribution is 5.95. The van der Waals surface area contributed by atoms with Crippen molar-refractivity contribution in [3.05, 3.63) is 41.7 Å². The molecule has 0 aromatic carbocycles. The van der Waals surface area contributed by atoms with Crippen molar-refractivity contribution in [2.75, 3.05) is 7.11 Å². The molecule has 0 radical (unpaired) electrons. The van der Waals surface area contributed by atoms with Gasteiger partial charge in [-0.15, -0.1) is 5.73 Å². The van der Waals surface area contributed by atoms with Gasteiger partial charge in [-0.1, -0.05) is 44.4 Å². The van der Waals surface area contributed by atoms with Crippen LogP contribution in [0.25, 0.3) is 0 Å². The summed E-state index contributed by atoms with van der Waals surface area (Å²) in [5.74, 6) is -0.429. The van der Waals surface area contributed by atoms with E-state index in [0.717, 1.165) is 12.0 Å². The van der Waals surface area contributed by atoms with E-state index < -0.39 is 12.1 Å². The molecule has 0 aromatic heterocycles. The predicted octanol–water partition coefficient (Wildman–Crippen LogP) is 4.30. The standard InChI is InChI=1S/C22H32O4/c1-4-5-6-7-8-9-12-18-14-15-20(23)19(18)13-10-11-17(2)16-21(24)22(25)26-3/h9-10,12,14-15,18-19,21,24H,4-8,13,16H2,1-3H3/t11?,18-,19+,21?/m0/s1. The summed E-state index contributed by atoms with van der Waals surface area (Å²) in [7, 11) is 1.25. The number of ether oxygens (including phenoxy) is 1. The van der Waals surface area contributed by atoms with Crippen LogP contribution in [0.4, 0.5) is 0 Å². The van der Waals surface area contributed by atoms with Gasteiger partial charge in [-0.2, -0.15) is 0 Å². The van der Waals surface area contributed by atoms with Crippen molar-refractivity contribution >= 4 is 11.8 Å². The summed E-state index contributed by atoms with van der Waals surface area (Å²) in [5.41, 5.74) is 3.82. The molecule has 0 bridgehead atoms. The second-order valence-corrected chi connectivity index (χ2v) is 6.83. The molecule has 1 aliphatic rings. The van der Waals surface area contributed by atoms with Crippen LogP contribution in [0.3, 0.4) is 0 Å². The van der Waals surface area contributed by atoms with E-state index in [9.17, 15) is 14.7 Å². The normalized spacial score (nSPS) is 20.2. The molecule has 26 heavy (non-hydrogen) atoms. The van der Waals surface area contributed by atoms with Gasteiger partial charge in [-0.25, -0.2) is 4.79 Å². The van der Waals surface area contributed by atoms with Gasteiger partial charge in [-0.05, 0) is 43.9 Å². The molecule has 0 aliphatic heterocycles. The number of carbonyl (C=O) groups excluding carboxylic acids is 2. The molecule has 3 atom stereocenters. The van der Waals surface area contributed by atoms with E-state index in [4.69, 9.17) is 0 Å². The molecule has 0 aromatic rings. The molecule has 144 valence electrons. The number of hydrogen-bond donors (Lipinski definition) is 1. The fourth-order valence-corrected chi connectivity index (χ4v) is 3.00. The topological polar surface area (TPSA) is 63.6 Å². The molecule has 4 nitrogen and oxygen atoms in total. The minimum atomic E-state index is -1.17. The molecule has 0 heterocycles. The number of methoxy groups -OCH3 is 1. The molecule has 0 saturated carbocycles. The van der Waals surface area contributed by atoms with Gasteiger partial charge in [0.05, 0.1) is 7.11 Å². The predicted molar refractivity (Wildman–Crippen MR) is 104 cm³/mol. The van der Waals surface area contributed by atoms with Gasteiger partial charge < -0.3 is 9.84 Å². The number of esters is 1. The van der Waals surface area contributed by atoms with Crippen LogP contribution in [0.15, 0.2) is 41.7 Å². The van der Waals surface area contributed by atoms with E-state index in [2.05, 4.69) is 29.5 Å². The molecule has 1 aliphatic carbocycles. The van der Waals surface area contributed by atoms with Crippen molar-refractivity contribution in [1.82, 2.24) is 0 Å². The van der Waals surface area contributed by atoms with Gasteiger partial charge in [0.1, 0.15) is 0 Å². The first kappa shape index (κ1) is 22.1. The molecular weight excluding hydrogens is 328 g/mol. The minimum absolute atomic E-state index is 0.0762. The molecule has 0 amide bonds. The third-order valence-electron chi connectivity index (χ3n) is 4.59. The lowest BCUT2D eigenvalue weighted by molar-refractivity contribution is -0.150. The first-order valence-corrected chi connectivity index (χ1v) is 9.54. The van der Waals surface area contributed by atoms with E-state index in [1.165, 1.54) is 32.8 Å². The van der Waals surface area contributed by atoms with Gasteiger partial charge in [0.25, 0.3) is 0 Å². The fourth-order valence-electron chi connectivity index (χ4n) is 3.00. The van der Waals surface area contributed by atoms with Crippen LogP contribution in [0.1, 0.15) is 58.8 Å². The number of carbonyl (C=O) groups is 2. The van der Waals surface area contributed by atoms with Crippen molar-refractivity contribution in [1.29, 1.82) is 0 Å². The average molecular weight is 360 g/mol. The Labute approximate surface area is 157 Å². The number of aliphatic hydroxyl groups is 1. The van der Waals surface area contributed by atoms with Crippen LogP contribution >= 0.6 is 0 Å². The van der Waals surface area contributed by atoms with E-state index in [0.29, 0.717) is 6.42 Å². The Kier molecular flexibility index (Phi) is 10.6. The third kappa shape index (κ3) is 7.99. The molecule has 0 spiro atoms. The smallest absolute Gasteiger partial charge is 0.335 e. The molecule has 4 heteroatoms. The van der Waals surface area contributed by atoms with Gasteiger partial charge in [0, 0.05) is 18.3 Å². The maximum atomic E-state index is 12.1. The molecule has 0 saturated heterocycles. The zero-order valence-electron chi connectivity index (χ0n) is 16.2. The van der Waals surface area contributed by atoms with E-state index in [1.54, 1.807) is 13.0 Å². The first-order valence-electron chi connectivity index (χ1n) is 9.54. The summed E-state index contributed by atoms with van der Waals surface area (Å²) in [6.45, 7) is 4.00. The summed E-state index contributed by atoms with van der Waals surface area (Å²) in [6.07, 6.45) is 15.4. The van der Waals surface area contributed by atoms with E-state index in [1.807, 2.05) is 12.2 Å². The molecule has 1 rings (SSSR count). The number of hydrogen-bond acceptors (Lipinski definition) is 4. The van der Waals surface area contributed by atoms with Crippen LogP contribution in [0, 0.1) is 11.8 Å². The minimum Gasteiger partial charge on any atom is -0.467 e. The third-order valence-corrected chi connectivity index (χ3v) is 4.59. The van der Waals surface area contributed by atoms with Crippen molar-refractivity contribution in [3.8, 4) is 0 Å². The fraction of sp³-hybridized carbons (Fsp3) is 0.591. The summed E-state index contributed by atoms with van der Waals surface area (Å²) >= 11 is 0. The van der Waals surface area contributed by atoms with Crippen LogP contribution in [-0.2, 0) is 14.3 Å². The Morgan fingerprint density at radius 1 is 1.38 bits per heavy atom. The Bertz CT molecular complexity index is 579. The lowest BCUT2D eigenvalue weighted by Crippen LogP contribution is -2.21. The number of rotatable bonds is 11. The summed E-state index contributed by atoms with van der Waals surface area (Å²) in [4.78, 5) is 23.3. The molecule has 0 fully saturated rings. The zero-order chi connectivity index (χ0) is 19.4. The number of ketones is 1. The van der Waals surface area contributed by atoms with Gasteiger partial charge in [0.2, 0.25) is 0 Å². The summed E-state index contributed by atoms with van der Waals surface area (Å²) in [5, 5.41) is 9.64. The highest BCUT2D eigenvalue weighted by Crippen LogP contribution is 2.27. The SMILES string of the molecule is CCCCCCC=C[C@H]1C=CC(=O)[C@@H]1CC=C=C(C)CC(O)C(=O)OC. The average Bonchev–Trinajstić information content (AvgIpc) is 2.97. The van der Waals surface area contributed by atoms with Crippen molar-refractivity contribution in [3.63, 3.8) is 0 Å². The van der Waals surface area contributed by atoms with Crippen LogP contribution in [0.2, 0.25) is 0 Å². The van der Waals surface area contributed by atoms with Crippen molar-refractivity contribution in [2.24, 2.45) is 11.8 Å². The maximum absolute atomic E-state index is 12.1. The Morgan fingerprint density at radius 3 is 2.85 bits per heavy atom. The number of aliphatic hydroxyl groups excluding tert-OH is 1. The first-order chi connectivity index (χ1) is 12.5. The number of unbranched alkanes of at least 4 members (excludes halogenated alkanes) is 4. The highest BCUT2D eigenvalue weighted by atomic mass is 16.5. The second kappa shape index (κ2) is 12.5. The zero-order valence-corrected chi connectivity index (χ0v) is 16.2. The van der Waals surface area contributed by atoms with Crippen LogP contribution in [0.5, 0.6) is 0 Å². The van der Waals surface area contributed by atoms with Crippen molar-refractivity contribution < 1.29 is 19.4 Å². The lowest BCUT2D eigenvalue weighted by Gasteiger charge is -2.12. The van der Waals surface area contributed by atoms with Crippen LogP contribution < -0.4 is 0 Å². The molecule has 1 unspecified atom stereocenters. The largest absolute Gasteiger partial charge is 0.467 e. The summed E-state index contributed by atoms with van der Waals surface area (Å²) < 4.78 is 4.49. The summed E-state index contributed by atoms with van der Waals surface area (Å²) in [6, 6.07) is 0. The molecule has 1 N–H and O–H groups in total. The monoisotopic (exact) mass is 360 g/mol. The van der Waals surface area contributed by atoms with Gasteiger partial charge >= 0.3 is 5.97 Å². The number of allylic oxidation sites excluding steroid dienone is 4.